The molecule has 2 aromatic rings. The summed E-state index contributed by atoms with van der Waals surface area (Å²) in [6.07, 6.45) is 1.73. The van der Waals surface area contributed by atoms with Crippen LogP contribution in [0.1, 0.15) is 5.69 Å². The van der Waals surface area contributed by atoms with E-state index in [0.717, 1.165) is 11.3 Å². The highest BCUT2D eigenvalue weighted by molar-refractivity contribution is 5.58. The lowest BCUT2D eigenvalue weighted by Gasteiger charge is -2.03. The van der Waals surface area contributed by atoms with Gasteiger partial charge in [-0.1, -0.05) is 0 Å². The van der Waals surface area contributed by atoms with E-state index in [1.807, 2.05) is 6.92 Å². The van der Waals surface area contributed by atoms with Crippen molar-refractivity contribution >= 4 is 0 Å². The lowest BCUT2D eigenvalue weighted by Crippen LogP contribution is -1.89. The minimum Gasteiger partial charge on any atom is -0.494 e. The molecular formula is C11H11FN2O. The molecule has 0 fully saturated rings. The third-order valence-corrected chi connectivity index (χ3v) is 2.13. The third-order valence-electron chi connectivity index (χ3n) is 2.13. The second-order valence-electron chi connectivity index (χ2n) is 3.26. The zero-order valence-corrected chi connectivity index (χ0v) is 8.54. The Morgan fingerprint density at radius 2 is 2.20 bits per heavy atom. The van der Waals surface area contributed by atoms with Crippen molar-refractivity contribution in [3.05, 3.63) is 35.9 Å². The smallest absolute Gasteiger partial charge is 0.165 e. The number of aryl methyl sites for hydroxylation is 1. The van der Waals surface area contributed by atoms with Crippen LogP contribution < -0.4 is 4.74 Å². The Bertz CT molecular complexity index is 479. The molecule has 1 heterocycles. The van der Waals surface area contributed by atoms with Crippen molar-refractivity contribution in [2.24, 2.45) is 0 Å². The number of halogens is 1. The molecule has 78 valence electrons. The maximum atomic E-state index is 13.1. The minimum absolute atomic E-state index is 0.224. The summed E-state index contributed by atoms with van der Waals surface area (Å²) in [5, 5.41) is 0. The van der Waals surface area contributed by atoms with Crippen molar-refractivity contribution < 1.29 is 9.13 Å². The fourth-order valence-corrected chi connectivity index (χ4v) is 1.37. The van der Waals surface area contributed by atoms with Crippen LogP contribution in [-0.2, 0) is 0 Å². The second kappa shape index (κ2) is 3.73. The summed E-state index contributed by atoms with van der Waals surface area (Å²) in [6.45, 7) is 1.91. The van der Waals surface area contributed by atoms with Crippen LogP contribution in [0.15, 0.2) is 24.4 Å². The number of rotatable bonds is 2. The number of nitrogens with one attached hydrogen (secondary N) is 1. The average molecular weight is 206 g/mol. The molecule has 0 unspecified atom stereocenters. The van der Waals surface area contributed by atoms with E-state index in [4.69, 9.17) is 4.74 Å². The van der Waals surface area contributed by atoms with Crippen LogP contribution in [0.2, 0.25) is 0 Å². The second-order valence-corrected chi connectivity index (χ2v) is 3.26. The Balaban J connectivity index is 2.45. The highest BCUT2D eigenvalue weighted by Crippen LogP contribution is 2.24. The van der Waals surface area contributed by atoms with Crippen molar-refractivity contribution in [3.8, 4) is 17.1 Å². The maximum absolute atomic E-state index is 13.1. The van der Waals surface area contributed by atoms with Gasteiger partial charge in [0.25, 0.3) is 0 Å². The van der Waals surface area contributed by atoms with Gasteiger partial charge in [0.1, 0.15) is 5.82 Å². The van der Waals surface area contributed by atoms with Crippen molar-refractivity contribution in [2.75, 3.05) is 7.11 Å². The van der Waals surface area contributed by atoms with Crippen LogP contribution in [-0.4, -0.2) is 17.1 Å². The summed E-state index contributed by atoms with van der Waals surface area (Å²) < 4.78 is 18.0. The van der Waals surface area contributed by atoms with E-state index in [9.17, 15) is 4.39 Å². The van der Waals surface area contributed by atoms with Crippen LogP contribution in [0.4, 0.5) is 4.39 Å². The zero-order chi connectivity index (χ0) is 10.8. The monoisotopic (exact) mass is 206 g/mol. The van der Waals surface area contributed by atoms with E-state index >= 15 is 0 Å². The average Bonchev–Trinajstić information content (AvgIpc) is 2.66. The van der Waals surface area contributed by atoms with Gasteiger partial charge in [-0.3, -0.25) is 0 Å². The fraction of sp³-hybridized carbons (Fsp3) is 0.182. The molecule has 0 saturated heterocycles. The normalized spacial score (nSPS) is 10.3. The van der Waals surface area contributed by atoms with Crippen LogP contribution in [0.25, 0.3) is 11.4 Å². The van der Waals surface area contributed by atoms with Crippen molar-refractivity contribution in [2.45, 2.75) is 6.92 Å². The topological polar surface area (TPSA) is 37.9 Å². The summed E-state index contributed by atoms with van der Waals surface area (Å²) in [5.41, 5.74) is 1.77. The van der Waals surface area contributed by atoms with Crippen LogP contribution >= 0.6 is 0 Å². The van der Waals surface area contributed by atoms with Crippen LogP contribution in [0.3, 0.4) is 0 Å². The molecule has 0 bridgehead atoms. The SMILES string of the molecule is COc1cc(-c2ncc(C)[nH]2)ccc1F. The molecule has 0 radical (unpaired) electrons. The van der Waals surface area contributed by atoms with Gasteiger partial charge in [-0.05, 0) is 25.1 Å². The van der Waals surface area contributed by atoms with Gasteiger partial charge in [-0.25, -0.2) is 9.37 Å². The van der Waals surface area contributed by atoms with Gasteiger partial charge in [0, 0.05) is 17.5 Å². The summed E-state index contributed by atoms with van der Waals surface area (Å²) in [7, 11) is 1.44. The molecule has 0 aliphatic rings. The number of hydrogen-bond acceptors (Lipinski definition) is 2. The predicted molar refractivity (Wildman–Crippen MR) is 55.3 cm³/mol. The summed E-state index contributed by atoms with van der Waals surface area (Å²) in [6, 6.07) is 4.65. The summed E-state index contributed by atoms with van der Waals surface area (Å²) in [4.78, 5) is 7.23. The van der Waals surface area contributed by atoms with Crippen LogP contribution in [0, 0.1) is 12.7 Å². The zero-order valence-electron chi connectivity index (χ0n) is 8.54. The molecule has 0 spiro atoms. The molecule has 0 amide bonds. The van der Waals surface area contributed by atoms with E-state index < -0.39 is 0 Å². The van der Waals surface area contributed by atoms with E-state index in [1.165, 1.54) is 13.2 Å². The molecule has 4 heteroatoms. The van der Waals surface area contributed by atoms with Gasteiger partial charge in [0.05, 0.1) is 7.11 Å². The number of hydrogen-bond donors (Lipinski definition) is 1. The highest BCUT2D eigenvalue weighted by atomic mass is 19.1. The number of ether oxygens (including phenoxy) is 1. The molecule has 3 nitrogen and oxygen atoms in total. The lowest BCUT2D eigenvalue weighted by atomic mass is 10.2. The number of methoxy groups -OCH3 is 1. The Hall–Kier alpha value is -1.84. The molecular weight excluding hydrogens is 195 g/mol. The molecule has 0 aliphatic heterocycles. The van der Waals surface area contributed by atoms with Gasteiger partial charge in [-0.15, -0.1) is 0 Å². The molecule has 0 aliphatic carbocycles. The molecule has 1 N–H and O–H groups in total. The first-order valence-electron chi connectivity index (χ1n) is 4.56. The Labute approximate surface area is 86.9 Å². The van der Waals surface area contributed by atoms with Crippen molar-refractivity contribution in [3.63, 3.8) is 0 Å². The number of H-pyrrole nitrogens is 1. The predicted octanol–water partition coefficient (Wildman–Crippen LogP) is 2.53. The number of nitrogens with zero attached hydrogens (tertiary/aromatic N) is 1. The van der Waals surface area contributed by atoms with Crippen molar-refractivity contribution in [1.29, 1.82) is 0 Å². The maximum Gasteiger partial charge on any atom is 0.165 e. The quantitative estimate of drug-likeness (QED) is 0.819. The first-order chi connectivity index (χ1) is 7.20. The largest absolute Gasteiger partial charge is 0.494 e. The minimum atomic E-state index is -0.371. The Kier molecular flexibility index (Phi) is 2.41. The van der Waals surface area contributed by atoms with Gasteiger partial charge in [-0.2, -0.15) is 0 Å². The summed E-state index contributed by atoms with van der Waals surface area (Å²) >= 11 is 0. The van der Waals surface area contributed by atoms with Gasteiger partial charge in [0.2, 0.25) is 0 Å². The molecule has 2 rings (SSSR count). The molecule has 15 heavy (non-hydrogen) atoms. The van der Waals surface area contributed by atoms with Gasteiger partial charge in [0.15, 0.2) is 11.6 Å². The first kappa shape index (κ1) is 9.71. The number of benzene rings is 1. The number of imidazole rings is 1. The third kappa shape index (κ3) is 1.83. The summed E-state index contributed by atoms with van der Waals surface area (Å²) in [5.74, 6) is 0.567. The van der Waals surface area contributed by atoms with E-state index in [-0.39, 0.29) is 11.6 Å². The van der Waals surface area contributed by atoms with Gasteiger partial charge < -0.3 is 9.72 Å². The highest BCUT2D eigenvalue weighted by Gasteiger charge is 2.06. The van der Waals surface area contributed by atoms with E-state index in [2.05, 4.69) is 9.97 Å². The van der Waals surface area contributed by atoms with Crippen LogP contribution in [0.5, 0.6) is 5.75 Å². The Morgan fingerprint density at radius 3 is 2.80 bits per heavy atom. The van der Waals surface area contributed by atoms with Crippen molar-refractivity contribution in [1.82, 2.24) is 9.97 Å². The van der Waals surface area contributed by atoms with E-state index in [1.54, 1.807) is 18.3 Å². The number of aromatic amines is 1. The molecule has 0 saturated carbocycles. The first-order valence-corrected chi connectivity index (χ1v) is 4.56. The van der Waals surface area contributed by atoms with E-state index in [0.29, 0.717) is 5.82 Å². The standard InChI is InChI=1S/C11H11FN2O/c1-7-6-13-11(14-7)8-3-4-9(12)10(5-8)15-2/h3-6H,1-2H3,(H,13,14). The lowest BCUT2D eigenvalue weighted by molar-refractivity contribution is 0.387. The fourth-order valence-electron chi connectivity index (χ4n) is 1.37. The van der Waals surface area contributed by atoms with Gasteiger partial charge >= 0.3 is 0 Å². The molecule has 1 aromatic carbocycles. The molecule has 1 aromatic heterocycles. The molecule has 0 atom stereocenters. The number of aromatic nitrogens is 2. The Morgan fingerprint density at radius 1 is 1.40 bits per heavy atom.